The Morgan fingerprint density at radius 2 is 1.23 bits per heavy atom. The minimum atomic E-state index is -4.41. The fourth-order valence-corrected chi connectivity index (χ4v) is 3.68. The molecule has 0 spiro atoms. The Morgan fingerprint density at radius 1 is 0.714 bits per heavy atom. The predicted molar refractivity (Wildman–Crippen MR) is 134 cm³/mol. The Bertz CT molecular complexity index is 887. The average Bonchev–Trinajstić information content (AvgIpc) is 2.83. The molecule has 2 N–H and O–H groups in total. The van der Waals surface area contributed by atoms with Crippen molar-refractivity contribution in [1.82, 2.24) is 4.90 Å². The number of benzene rings is 2. The third-order valence-corrected chi connectivity index (χ3v) is 5.69. The van der Waals surface area contributed by atoms with Gasteiger partial charge in [0.1, 0.15) is 0 Å². The van der Waals surface area contributed by atoms with Gasteiger partial charge < -0.3 is 15.5 Å². The zero-order chi connectivity index (χ0) is 25.5. The van der Waals surface area contributed by atoms with Gasteiger partial charge in [-0.15, -0.1) is 0 Å². The number of para-hydroxylation sites is 1. The summed E-state index contributed by atoms with van der Waals surface area (Å²) in [6, 6.07) is 13.7. The second-order valence-electron chi connectivity index (χ2n) is 8.65. The van der Waals surface area contributed by atoms with Gasteiger partial charge in [-0.25, -0.2) is 0 Å². The van der Waals surface area contributed by atoms with Gasteiger partial charge in [0, 0.05) is 37.3 Å². The Labute approximate surface area is 206 Å². The van der Waals surface area contributed by atoms with Crippen molar-refractivity contribution in [3.8, 4) is 0 Å². The third-order valence-electron chi connectivity index (χ3n) is 5.69. The van der Waals surface area contributed by atoms with Crippen molar-refractivity contribution < 1.29 is 22.8 Å². The maximum Gasteiger partial charge on any atom is 0.416 e. The van der Waals surface area contributed by atoms with Gasteiger partial charge >= 0.3 is 6.18 Å². The van der Waals surface area contributed by atoms with Crippen LogP contribution in [0.4, 0.5) is 24.5 Å². The van der Waals surface area contributed by atoms with Crippen molar-refractivity contribution >= 4 is 23.2 Å². The summed E-state index contributed by atoms with van der Waals surface area (Å²) >= 11 is 0. The van der Waals surface area contributed by atoms with Crippen molar-refractivity contribution in [1.29, 1.82) is 0 Å². The van der Waals surface area contributed by atoms with Crippen LogP contribution in [0.15, 0.2) is 54.6 Å². The molecule has 0 saturated carbocycles. The number of unbranched alkanes of at least 4 members (excludes halogenated alkanes) is 5. The van der Waals surface area contributed by atoms with E-state index >= 15 is 0 Å². The van der Waals surface area contributed by atoms with E-state index in [4.69, 9.17) is 0 Å². The van der Waals surface area contributed by atoms with Crippen LogP contribution in [0.1, 0.15) is 63.9 Å². The fourth-order valence-electron chi connectivity index (χ4n) is 3.68. The molecule has 192 valence electrons. The molecule has 2 aromatic rings. The Hall–Kier alpha value is -2.87. The molecule has 0 heterocycles. The highest BCUT2D eigenvalue weighted by Gasteiger charge is 2.30. The lowest BCUT2D eigenvalue weighted by molar-refractivity contribution is -0.137. The third kappa shape index (κ3) is 11.9. The molecule has 0 bridgehead atoms. The van der Waals surface area contributed by atoms with Crippen LogP contribution in [0.3, 0.4) is 0 Å². The summed E-state index contributed by atoms with van der Waals surface area (Å²) < 4.78 is 38.1. The maximum atomic E-state index is 12.7. The van der Waals surface area contributed by atoms with E-state index in [1.54, 1.807) is 0 Å². The van der Waals surface area contributed by atoms with Gasteiger partial charge in [0.25, 0.3) is 0 Å². The molecule has 5 nitrogen and oxygen atoms in total. The van der Waals surface area contributed by atoms with Crippen LogP contribution in [0.2, 0.25) is 0 Å². The molecule has 2 rings (SSSR count). The molecule has 0 saturated heterocycles. The molecular formula is C27H36F3N3O2. The second-order valence-corrected chi connectivity index (χ2v) is 8.65. The number of nitrogens with zero attached hydrogens (tertiary/aromatic N) is 1. The van der Waals surface area contributed by atoms with Crippen LogP contribution >= 0.6 is 0 Å². The van der Waals surface area contributed by atoms with Crippen LogP contribution < -0.4 is 10.6 Å². The lowest BCUT2D eigenvalue weighted by Crippen LogP contribution is -2.32. The average molecular weight is 492 g/mol. The Balaban J connectivity index is 1.82. The molecular weight excluding hydrogens is 455 g/mol. The molecule has 0 aliphatic carbocycles. The molecule has 2 aromatic carbocycles. The molecule has 2 amide bonds. The zero-order valence-electron chi connectivity index (χ0n) is 20.4. The van der Waals surface area contributed by atoms with Crippen molar-refractivity contribution in [2.24, 2.45) is 0 Å². The number of anilines is 2. The molecule has 0 aromatic heterocycles. The van der Waals surface area contributed by atoms with E-state index in [1.165, 1.54) is 37.8 Å². The monoisotopic (exact) mass is 491 g/mol. The van der Waals surface area contributed by atoms with Crippen molar-refractivity contribution in [2.75, 3.05) is 30.3 Å². The minimum absolute atomic E-state index is 0.0849. The van der Waals surface area contributed by atoms with Crippen LogP contribution in [0, 0.1) is 0 Å². The van der Waals surface area contributed by atoms with E-state index in [2.05, 4.69) is 22.5 Å². The molecule has 0 unspecified atom stereocenters. The van der Waals surface area contributed by atoms with Gasteiger partial charge in [0.2, 0.25) is 11.8 Å². The summed E-state index contributed by atoms with van der Waals surface area (Å²) in [5.74, 6) is -0.357. The molecule has 35 heavy (non-hydrogen) atoms. The van der Waals surface area contributed by atoms with Crippen LogP contribution in [-0.2, 0) is 15.8 Å². The van der Waals surface area contributed by atoms with Gasteiger partial charge in [-0.3, -0.25) is 9.59 Å². The standard InChI is InChI=1S/C27H36F3N3O2/c1-2-3-4-5-6-10-19-33(20-17-25(34)31-23-11-8-7-9-12-23)21-18-26(35)32-24-15-13-22(14-16-24)27(28,29)30/h7-9,11-16H,2-6,10,17-21H2,1H3,(H,31,34)(H,32,35). The van der Waals surface area contributed by atoms with Gasteiger partial charge in [-0.05, 0) is 49.4 Å². The van der Waals surface area contributed by atoms with E-state index in [0.29, 0.717) is 25.2 Å². The van der Waals surface area contributed by atoms with Crippen LogP contribution in [0.5, 0.6) is 0 Å². The first-order chi connectivity index (χ1) is 16.8. The van der Waals surface area contributed by atoms with Crippen LogP contribution in [0.25, 0.3) is 0 Å². The molecule has 0 atom stereocenters. The summed E-state index contributed by atoms with van der Waals surface area (Å²) in [6.07, 6.45) is 2.99. The normalized spacial score (nSPS) is 11.5. The number of carbonyl (C=O) groups is 2. The minimum Gasteiger partial charge on any atom is -0.326 e. The number of amides is 2. The van der Waals surface area contributed by atoms with E-state index in [9.17, 15) is 22.8 Å². The molecule has 0 radical (unpaired) electrons. The number of carbonyl (C=O) groups excluding carboxylic acids is 2. The lowest BCUT2D eigenvalue weighted by atomic mass is 10.1. The summed E-state index contributed by atoms with van der Waals surface area (Å²) in [7, 11) is 0. The van der Waals surface area contributed by atoms with Gasteiger partial charge in [0.05, 0.1) is 5.56 Å². The predicted octanol–water partition coefficient (Wildman–Crippen LogP) is 6.73. The summed E-state index contributed by atoms with van der Waals surface area (Å²) in [4.78, 5) is 26.8. The molecule has 0 aliphatic rings. The number of rotatable bonds is 15. The molecule has 0 aliphatic heterocycles. The summed E-state index contributed by atoms with van der Waals surface area (Å²) in [5, 5.41) is 5.53. The second kappa shape index (κ2) is 15.2. The highest BCUT2D eigenvalue weighted by atomic mass is 19.4. The summed E-state index contributed by atoms with van der Waals surface area (Å²) in [6.45, 7) is 3.97. The van der Waals surface area contributed by atoms with Crippen molar-refractivity contribution in [3.05, 3.63) is 60.2 Å². The van der Waals surface area contributed by atoms with E-state index in [1.807, 2.05) is 30.3 Å². The Morgan fingerprint density at radius 3 is 1.77 bits per heavy atom. The van der Waals surface area contributed by atoms with Gasteiger partial charge in [-0.2, -0.15) is 13.2 Å². The number of hydrogen-bond acceptors (Lipinski definition) is 3. The smallest absolute Gasteiger partial charge is 0.326 e. The number of halogens is 3. The maximum absolute atomic E-state index is 12.7. The first-order valence-electron chi connectivity index (χ1n) is 12.3. The van der Waals surface area contributed by atoms with Crippen LogP contribution in [-0.4, -0.2) is 36.3 Å². The number of nitrogens with one attached hydrogen (secondary N) is 2. The van der Waals surface area contributed by atoms with Gasteiger partial charge in [-0.1, -0.05) is 57.2 Å². The van der Waals surface area contributed by atoms with Gasteiger partial charge in [0.15, 0.2) is 0 Å². The van der Waals surface area contributed by atoms with Crippen molar-refractivity contribution in [2.45, 2.75) is 64.5 Å². The molecule has 8 heteroatoms. The zero-order valence-corrected chi connectivity index (χ0v) is 20.4. The fraction of sp³-hybridized carbons (Fsp3) is 0.481. The lowest BCUT2D eigenvalue weighted by Gasteiger charge is -2.22. The molecule has 0 fully saturated rings. The SMILES string of the molecule is CCCCCCCCN(CCC(=O)Nc1ccccc1)CCC(=O)Nc1ccc(C(F)(F)F)cc1. The summed E-state index contributed by atoms with van der Waals surface area (Å²) in [5.41, 5.74) is 0.318. The first-order valence-corrected chi connectivity index (χ1v) is 12.3. The topological polar surface area (TPSA) is 61.4 Å². The quantitative estimate of drug-likeness (QED) is 0.272. The van der Waals surface area contributed by atoms with E-state index < -0.39 is 11.7 Å². The number of alkyl halides is 3. The largest absolute Gasteiger partial charge is 0.416 e. The highest BCUT2D eigenvalue weighted by Crippen LogP contribution is 2.29. The highest BCUT2D eigenvalue weighted by molar-refractivity contribution is 5.91. The van der Waals surface area contributed by atoms with E-state index in [0.717, 1.165) is 37.2 Å². The van der Waals surface area contributed by atoms with Crippen molar-refractivity contribution in [3.63, 3.8) is 0 Å². The Kier molecular flexibility index (Phi) is 12.3. The number of hydrogen-bond donors (Lipinski definition) is 2. The van der Waals surface area contributed by atoms with E-state index in [-0.39, 0.29) is 18.2 Å². The first kappa shape index (κ1) is 28.4.